The summed E-state index contributed by atoms with van der Waals surface area (Å²) in [6, 6.07) is 55.7. The minimum Gasteiger partial charge on any atom is -0.509 e. The third-order valence-corrected chi connectivity index (χ3v) is 22.6. The molecule has 452 valence electrons. The van der Waals surface area contributed by atoms with Crippen LogP contribution in [0.5, 0.6) is 11.5 Å². The molecule has 90 heavy (non-hydrogen) atoms. The number of fused-ring (bicyclic) bond motifs is 10. The molecule has 7 heteroatoms. The van der Waals surface area contributed by atoms with Crippen LogP contribution in [0.25, 0.3) is 44.5 Å². The first kappa shape index (κ1) is 46.5. The van der Waals surface area contributed by atoms with Gasteiger partial charge in [0.15, 0.2) is 0 Å². The van der Waals surface area contributed by atoms with Crippen molar-refractivity contribution in [2.75, 3.05) is 14.7 Å². The monoisotopic (exact) mass is 1380 g/mol. The molecule has 0 N–H and O–H groups in total. The van der Waals surface area contributed by atoms with Crippen LogP contribution in [0.15, 0.2) is 224 Å². The van der Waals surface area contributed by atoms with E-state index in [1.165, 1.54) is 33.8 Å². The van der Waals surface area contributed by atoms with Gasteiger partial charge in [0.1, 0.15) is 13.9 Å². The standard InChI is InChI=1S/C83H77N4OSi.Pt/c1-54-44-78(84-52-69(54)56-28-18-15-19-29-56)87-72-36-22-23-37-76(72)89(74-41-38-58(80(2,3)4)48-67(74)68-49-59(81(5,6)7)39-42-75(68)89)77-43-40-64(51-73(77)87)88-63-31-24-30-62(50-63)85-53-86(71-35-21-20-34-70(71)85)79-65(55-26-16-14-17-27-55)32-25-33-66(79)57-45-60(82(8,9)10)47-61(46-57)83(11,12)13;/h14-49,52-53H,1-13H3;/q-3;/i1D3,14D,15D,16D,17D,18D,19D,26D,27D,28D,29D;. The number of rotatable bonds is 8. The van der Waals surface area contributed by atoms with E-state index in [0.717, 1.165) is 60.8 Å². The third-order valence-electron chi connectivity index (χ3n) is 17.7. The molecule has 4 heterocycles. The zero-order valence-electron chi connectivity index (χ0n) is 65.7. The molecule has 0 bridgehead atoms. The summed E-state index contributed by atoms with van der Waals surface area (Å²) in [4.78, 5) is 11.0. The van der Waals surface area contributed by atoms with Gasteiger partial charge in [0.25, 0.3) is 0 Å². The van der Waals surface area contributed by atoms with Crippen LogP contribution in [-0.2, 0) is 42.7 Å². The van der Waals surface area contributed by atoms with Gasteiger partial charge in [-0.05, 0) is 124 Å². The van der Waals surface area contributed by atoms with Crippen LogP contribution in [0.4, 0.5) is 39.9 Å². The van der Waals surface area contributed by atoms with Gasteiger partial charge in [-0.15, -0.1) is 47.9 Å². The van der Waals surface area contributed by atoms with Gasteiger partial charge in [-0.3, -0.25) is 0 Å². The van der Waals surface area contributed by atoms with Crippen molar-refractivity contribution in [2.45, 2.75) is 112 Å². The Bertz CT molecular complexity index is 5190. The van der Waals surface area contributed by atoms with Crippen molar-refractivity contribution in [2.24, 2.45) is 0 Å². The van der Waals surface area contributed by atoms with E-state index in [0.29, 0.717) is 34.1 Å². The van der Waals surface area contributed by atoms with Gasteiger partial charge < -0.3 is 19.4 Å². The van der Waals surface area contributed by atoms with Gasteiger partial charge in [0.05, 0.1) is 13.7 Å². The number of anilines is 7. The first-order valence-electron chi connectivity index (χ1n) is 36.8. The maximum Gasteiger partial charge on any atom is 0.135 e. The van der Waals surface area contributed by atoms with Crippen molar-refractivity contribution >= 4 is 68.8 Å². The van der Waals surface area contributed by atoms with E-state index in [4.69, 9.17) is 24.8 Å². The van der Waals surface area contributed by atoms with Crippen LogP contribution in [-0.4, -0.2) is 13.1 Å². The Morgan fingerprint density at radius 3 is 1.57 bits per heavy atom. The Hall–Kier alpha value is -8.54. The number of hydrogen-bond donors (Lipinski definition) is 0. The predicted octanol–water partition coefficient (Wildman–Crippen LogP) is 19.5. The molecule has 0 atom stereocenters. The minimum absolute atomic E-state index is 0. The fourth-order valence-corrected chi connectivity index (χ4v) is 18.4. The number of pyridine rings is 1. The van der Waals surface area contributed by atoms with E-state index in [2.05, 4.69) is 162 Å². The van der Waals surface area contributed by atoms with Crippen LogP contribution < -0.4 is 40.2 Å². The Morgan fingerprint density at radius 2 is 0.978 bits per heavy atom. The van der Waals surface area contributed by atoms with Gasteiger partial charge in [-0.1, -0.05) is 252 Å². The number of ether oxygens (including phenoxy) is 1. The first-order chi connectivity index (χ1) is 47.9. The van der Waals surface area contributed by atoms with Gasteiger partial charge in [0, 0.05) is 82.3 Å². The molecular formula is C83H77N4OPtSi-3. The Morgan fingerprint density at radius 1 is 0.456 bits per heavy atom. The summed E-state index contributed by atoms with van der Waals surface area (Å²) in [7, 11) is -3.43. The number of nitrogens with zero attached hydrogens (tertiary/aromatic N) is 4. The summed E-state index contributed by atoms with van der Waals surface area (Å²) in [6.45, 7) is 25.5. The van der Waals surface area contributed by atoms with E-state index < -0.39 is 63.3 Å². The van der Waals surface area contributed by atoms with Crippen LogP contribution in [0.3, 0.4) is 0 Å². The smallest absolute Gasteiger partial charge is 0.135 e. The largest absolute Gasteiger partial charge is 0.509 e. The average molecular weight is 1380 g/mol. The quantitative estimate of drug-likeness (QED) is 0.112. The van der Waals surface area contributed by atoms with E-state index in [-0.39, 0.29) is 82.9 Å². The van der Waals surface area contributed by atoms with Crippen LogP contribution in [0, 0.1) is 25.7 Å². The van der Waals surface area contributed by atoms with Crippen molar-refractivity contribution < 1.29 is 43.6 Å². The molecule has 0 fully saturated rings. The Balaban J connectivity index is 0.00000945. The second-order valence-corrected chi connectivity index (χ2v) is 31.3. The molecule has 0 saturated carbocycles. The average Bonchev–Trinajstić information content (AvgIpc) is 1.55. The summed E-state index contributed by atoms with van der Waals surface area (Å²) in [6.07, 6.45) is 1.30. The SMILES string of the molecule is [2H]c1c([2H])c([2H])c(-c2cnc(N3c4[c-]c(Oc5[c-]c(N6[CH-]N(c7c(-c8cc(C(C)(C)C)cc(C(C)(C)C)c8)cccc7-c7c([2H])c([2H])c([2H])c([2H])c7[2H])c7ccccc76)ccc5)ccc4[Si]4(c5ccc(C(C)(C)C)cc5-c5cc(C(C)(C)C)ccc54)c4ccccc43)cc2C([2H])([2H])[2H])c([2H])c1[2H].[Pt]. The third kappa shape index (κ3) is 10.3. The van der Waals surface area contributed by atoms with Gasteiger partial charge in [0.2, 0.25) is 0 Å². The van der Waals surface area contributed by atoms with Gasteiger partial charge >= 0.3 is 0 Å². The summed E-state index contributed by atoms with van der Waals surface area (Å²) in [5, 5.41) is 4.30. The summed E-state index contributed by atoms with van der Waals surface area (Å²) in [5.41, 5.74) is 11.4. The second-order valence-electron chi connectivity index (χ2n) is 27.6. The number of benzene rings is 10. The van der Waals surface area contributed by atoms with Gasteiger partial charge in [-0.2, -0.15) is 12.1 Å². The molecule has 14 rings (SSSR count). The van der Waals surface area contributed by atoms with Crippen molar-refractivity contribution in [3.63, 3.8) is 0 Å². The van der Waals surface area contributed by atoms with Crippen LogP contribution >= 0.6 is 0 Å². The van der Waals surface area contributed by atoms with Gasteiger partial charge in [-0.25, -0.2) is 4.98 Å². The molecule has 5 nitrogen and oxygen atoms in total. The zero-order valence-corrected chi connectivity index (χ0v) is 56.0. The first-order valence-corrected chi connectivity index (χ1v) is 32.3. The number of para-hydroxylation sites is 4. The molecule has 1 spiro atoms. The van der Waals surface area contributed by atoms with E-state index in [1.54, 1.807) is 0 Å². The molecule has 0 unspecified atom stereocenters. The molecule has 0 aliphatic carbocycles. The molecular weight excluding hydrogens is 1290 g/mol. The van der Waals surface area contributed by atoms with E-state index in [1.807, 2.05) is 106 Å². The van der Waals surface area contributed by atoms with Crippen molar-refractivity contribution in [1.82, 2.24) is 4.98 Å². The molecule has 11 aromatic rings. The topological polar surface area (TPSA) is 31.8 Å². The van der Waals surface area contributed by atoms with Crippen molar-refractivity contribution in [3.05, 3.63) is 271 Å². The maximum absolute atomic E-state index is 9.39. The number of aromatic nitrogens is 1. The Kier molecular flexibility index (Phi) is 11.6. The molecule has 0 amide bonds. The molecule has 0 radical (unpaired) electrons. The Labute approximate surface area is 567 Å². The zero-order chi connectivity index (χ0) is 73.1. The van der Waals surface area contributed by atoms with E-state index >= 15 is 0 Å². The minimum atomic E-state index is -3.43. The van der Waals surface area contributed by atoms with Crippen LogP contribution in [0.1, 0.15) is 129 Å². The summed E-state index contributed by atoms with van der Waals surface area (Å²) < 4.78 is 123. The second kappa shape index (κ2) is 22.4. The molecule has 1 aromatic heterocycles. The molecule has 10 aromatic carbocycles. The normalized spacial score (nSPS) is 16.1. The van der Waals surface area contributed by atoms with Crippen molar-refractivity contribution in [1.29, 1.82) is 0 Å². The fraction of sp³-hybridized carbons (Fsp3) is 0.205. The summed E-state index contributed by atoms with van der Waals surface area (Å²) >= 11 is 0. The molecule has 3 aliphatic heterocycles. The van der Waals surface area contributed by atoms with Crippen molar-refractivity contribution in [3.8, 4) is 56.0 Å². The number of aryl methyl sites for hydroxylation is 1. The van der Waals surface area contributed by atoms with E-state index in [9.17, 15) is 2.74 Å². The fourth-order valence-electron chi connectivity index (χ4n) is 13.0. The molecule has 3 aliphatic rings. The number of hydrogen-bond acceptors (Lipinski definition) is 5. The summed E-state index contributed by atoms with van der Waals surface area (Å²) in [5.74, 6) is 0.800. The predicted molar refractivity (Wildman–Crippen MR) is 377 cm³/mol. The molecule has 0 saturated heterocycles. The van der Waals surface area contributed by atoms with Crippen LogP contribution in [0.2, 0.25) is 0 Å². The maximum atomic E-state index is 9.39.